The molecule has 0 spiro atoms. The highest BCUT2D eigenvalue weighted by atomic mass is 16.7. The van der Waals surface area contributed by atoms with Crippen molar-refractivity contribution in [2.75, 3.05) is 6.54 Å². The van der Waals surface area contributed by atoms with Gasteiger partial charge in [0.25, 0.3) is 0 Å². The number of hydroxylamine groups is 2. The summed E-state index contributed by atoms with van der Waals surface area (Å²) in [7, 11) is 0. The predicted molar refractivity (Wildman–Crippen MR) is 39.9 cm³/mol. The molecule has 0 radical (unpaired) electrons. The van der Waals surface area contributed by atoms with Crippen LogP contribution in [0.4, 0.5) is 0 Å². The Labute approximate surface area is 66.3 Å². The summed E-state index contributed by atoms with van der Waals surface area (Å²) in [6.07, 6.45) is 4.19. The van der Waals surface area contributed by atoms with Crippen molar-refractivity contribution in [1.82, 2.24) is 5.06 Å². The van der Waals surface area contributed by atoms with Crippen LogP contribution in [0.2, 0.25) is 0 Å². The Balaban J connectivity index is 2.09. The third kappa shape index (κ3) is 1.08. The lowest BCUT2D eigenvalue weighted by Crippen LogP contribution is -2.28. The van der Waals surface area contributed by atoms with Gasteiger partial charge in [0.2, 0.25) is 0 Å². The molecule has 0 aromatic carbocycles. The Morgan fingerprint density at radius 2 is 2.55 bits per heavy atom. The van der Waals surface area contributed by atoms with Gasteiger partial charge >= 0.3 is 0 Å². The average Bonchev–Trinajstić information content (AvgIpc) is 2.46. The molecular formula is C8H13NO2. The van der Waals surface area contributed by atoms with Crippen LogP contribution in [0.5, 0.6) is 0 Å². The minimum absolute atomic E-state index is 0.505. The third-order valence-corrected chi connectivity index (χ3v) is 2.54. The van der Waals surface area contributed by atoms with Crippen molar-refractivity contribution in [2.45, 2.75) is 37.8 Å². The largest absolute Gasteiger partial charge is 0.300 e. The summed E-state index contributed by atoms with van der Waals surface area (Å²) in [4.78, 5) is 16.1. The maximum Gasteiger partial charge on any atom is 0.153 e. The van der Waals surface area contributed by atoms with Crippen LogP contribution in [0.25, 0.3) is 0 Å². The van der Waals surface area contributed by atoms with E-state index in [1.165, 1.54) is 12.8 Å². The fraction of sp³-hybridized carbons (Fsp3) is 0.875. The summed E-state index contributed by atoms with van der Waals surface area (Å²) >= 11 is 0. The molecule has 11 heavy (non-hydrogen) atoms. The van der Waals surface area contributed by atoms with Crippen LogP contribution in [0.1, 0.15) is 26.2 Å². The lowest BCUT2D eigenvalue weighted by Gasteiger charge is -2.17. The highest BCUT2D eigenvalue weighted by molar-refractivity contribution is 5.62. The van der Waals surface area contributed by atoms with Crippen molar-refractivity contribution in [3.63, 3.8) is 0 Å². The van der Waals surface area contributed by atoms with Crippen molar-refractivity contribution >= 4 is 6.29 Å². The molecular weight excluding hydrogens is 142 g/mol. The number of rotatable bonds is 1. The fourth-order valence-corrected chi connectivity index (χ4v) is 1.98. The predicted octanol–water partition coefficient (Wildman–Crippen LogP) is 0.744. The molecule has 2 heterocycles. The summed E-state index contributed by atoms with van der Waals surface area (Å²) in [5.74, 6) is 0. The van der Waals surface area contributed by atoms with E-state index in [4.69, 9.17) is 4.84 Å². The maximum absolute atomic E-state index is 10.6. The Morgan fingerprint density at radius 1 is 1.73 bits per heavy atom. The molecule has 0 aliphatic carbocycles. The third-order valence-electron chi connectivity index (χ3n) is 2.54. The van der Waals surface area contributed by atoms with Gasteiger partial charge in [-0.1, -0.05) is 0 Å². The molecule has 0 unspecified atom stereocenters. The smallest absolute Gasteiger partial charge is 0.153 e. The van der Waals surface area contributed by atoms with E-state index >= 15 is 0 Å². The van der Waals surface area contributed by atoms with Gasteiger partial charge in [-0.05, 0) is 19.8 Å². The fourth-order valence-electron chi connectivity index (χ4n) is 1.98. The molecule has 0 amide bonds. The zero-order chi connectivity index (χ0) is 7.90. The second-order valence-corrected chi connectivity index (χ2v) is 3.66. The van der Waals surface area contributed by atoms with Gasteiger partial charge in [0, 0.05) is 19.0 Å². The zero-order valence-corrected chi connectivity index (χ0v) is 6.75. The van der Waals surface area contributed by atoms with Crippen molar-refractivity contribution < 1.29 is 9.63 Å². The van der Waals surface area contributed by atoms with Crippen LogP contribution in [-0.2, 0) is 9.63 Å². The number of nitrogens with zero attached hydrogens (tertiary/aromatic N) is 1. The highest BCUT2D eigenvalue weighted by Crippen LogP contribution is 2.35. The number of aldehydes is 1. The van der Waals surface area contributed by atoms with Crippen LogP contribution in [-0.4, -0.2) is 29.5 Å². The van der Waals surface area contributed by atoms with Gasteiger partial charge < -0.3 is 4.79 Å². The molecule has 0 saturated carbocycles. The molecule has 2 rings (SSSR count). The summed E-state index contributed by atoms with van der Waals surface area (Å²) < 4.78 is 0. The van der Waals surface area contributed by atoms with Gasteiger partial charge in [0.15, 0.2) is 6.29 Å². The van der Waals surface area contributed by atoms with Gasteiger partial charge in [-0.25, -0.2) is 0 Å². The molecule has 2 aliphatic heterocycles. The first-order valence-electron chi connectivity index (χ1n) is 4.16. The topological polar surface area (TPSA) is 29.5 Å². The maximum atomic E-state index is 10.6. The molecule has 0 aromatic heterocycles. The van der Waals surface area contributed by atoms with Crippen LogP contribution >= 0.6 is 0 Å². The van der Waals surface area contributed by atoms with E-state index in [0.29, 0.717) is 6.04 Å². The van der Waals surface area contributed by atoms with Gasteiger partial charge in [0.05, 0.1) is 0 Å². The lowest BCUT2D eigenvalue weighted by molar-refractivity contribution is -0.185. The van der Waals surface area contributed by atoms with Crippen LogP contribution in [0, 0.1) is 0 Å². The summed E-state index contributed by atoms with van der Waals surface area (Å²) in [5.41, 5.74) is -0.523. The molecule has 2 atom stereocenters. The normalized spacial score (nSPS) is 44.3. The van der Waals surface area contributed by atoms with Gasteiger partial charge in [-0.3, -0.25) is 4.84 Å². The van der Waals surface area contributed by atoms with Gasteiger partial charge in [-0.2, -0.15) is 5.06 Å². The van der Waals surface area contributed by atoms with Gasteiger partial charge in [-0.15, -0.1) is 0 Å². The molecule has 2 aliphatic rings. The summed E-state index contributed by atoms with van der Waals surface area (Å²) in [5, 5.41) is 1.97. The van der Waals surface area contributed by atoms with E-state index < -0.39 is 5.60 Å². The summed E-state index contributed by atoms with van der Waals surface area (Å²) in [6.45, 7) is 2.85. The standard InChI is InChI=1S/C8H13NO2/c1-8(6-10)5-7-3-2-4-9(7)11-8/h6-7H,2-5H2,1H3/t7-,8-/m1/s1. The quantitative estimate of drug-likeness (QED) is 0.523. The lowest BCUT2D eigenvalue weighted by atomic mass is 9.99. The van der Waals surface area contributed by atoms with E-state index in [-0.39, 0.29) is 0 Å². The minimum atomic E-state index is -0.523. The molecule has 2 saturated heterocycles. The number of carbonyl (C=O) groups excluding carboxylic acids is 1. The van der Waals surface area contributed by atoms with E-state index in [9.17, 15) is 4.79 Å². The second-order valence-electron chi connectivity index (χ2n) is 3.66. The number of fused-ring (bicyclic) bond motifs is 1. The molecule has 62 valence electrons. The molecule has 0 N–H and O–H groups in total. The van der Waals surface area contributed by atoms with Crippen LogP contribution in [0.15, 0.2) is 0 Å². The first kappa shape index (κ1) is 7.25. The number of hydrogen-bond acceptors (Lipinski definition) is 3. The molecule has 3 heteroatoms. The Morgan fingerprint density at radius 3 is 3.18 bits per heavy atom. The van der Waals surface area contributed by atoms with Crippen molar-refractivity contribution in [3.8, 4) is 0 Å². The molecule has 3 nitrogen and oxygen atoms in total. The first-order chi connectivity index (χ1) is 5.23. The van der Waals surface area contributed by atoms with E-state index in [2.05, 4.69) is 0 Å². The van der Waals surface area contributed by atoms with E-state index in [1.807, 2.05) is 12.0 Å². The highest BCUT2D eigenvalue weighted by Gasteiger charge is 2.44. The zero-order valence-electron chi connectivity index (χ0n) is 6.75. The van der Waals surface area contributed by atoms with E-state index in [1.54, 1.807) is 0 Å². The number of carbonyl (C=O) groups is 1. The van der Waals surface area contributed by atoms with E-state index in [0.717, 1.165) is 19.3 Å². The van der Waals surface area contributed by atoms with Crippen LogP contribution < -0.4 is 0 Å². The minimum Gasteiger partial charge on any atom is -0.300 e. The number of hydrogen-bond donors (Lipinski definition) is 0. The summed E-state index contributed by atoms with van der Waals surface area (Å²) in [6, 6.07) is 0.505. The Hall–Kier alpha value is -0.410. The van der Waals surface area contributed by atoms with Crippen molar-refractivity contribution in [3.05, 3.63) is 0 Å². The monoisotopic (exact) mass is 155 g/mol. The first-order valence-corrected chi connectivity index (χ1v) is 4.16. The van der Waals surface area contributed by atoms with Crippen molar-refractivity contribution in [1.29, 1.82) is 0 Å². The molecule has 0 bridgehead atoms. The Kier molecular flexibility index (Phi) is 1.51. The average molecular weight is 155 g/mol. The van der Waals surface area contributed by atoms with Crippen LogP contribution in [0.3, 0.4) is 0 Å². The van der Waals surface area contributed by atoms with Gasteiger partial charge in [0.1, 0.15) is 5.60 Å². The second kappa shape index (κ2) is 2.29. The SMILES string of the molecule is C[C@]1(C=O)C[C@H]2CCCN2O1. The molecule has 0 aromatic rings. The molecule has 2 fully saturated rings. The Bertz CT molecular complexity index is 169. The van der Waals surface area contributed by atoms with Crippen molar-refractivity contribution in [2.24, 2.45) is 0 Å².